The van der Waals surface area contributed by atoms with Crippen LogP contribution in [0.2, 0.25) is 0 Å². The van der Waals surface area contributed by atoms with Gasteiger partial charge in [0.05, 0.1) is 0 Å². The van der Waals surface area contributed by atoms with Crippen LogP contribution in [0.4, 0.5) is 0 Å². The van der Waals surface area contributed by atoms with Crippen molar-refractivity contribution in [3.8, 4) is 0 Å². The molecule has 0 radical (unpaired) electrons. The summed E-state index contributed by atoms with van der Waals surface area (Å²) in [4.78, 5) is 11.4. The van der Waals surface area contributed by atoms with Crippen LogP contribution < -0.4 is 0 Å². The van der Waals surface area contributed by atoms with E-state index in [1.54, 1.807) is 0 Å². The number of carbonyl (C=O) groups excluding carboxylic acids is 1. The van der Waals surface area contributed by atoms with E-state index in [1.165, 1.54) is 0 Å². The molecule has 0 aliphatic rings. The Morgan fingerprint density at radius 2 is 1.93 bits per heavy atom. The second kappa shape index (κ2) is 5.97. The summed E-state index contributed by atoms with van der Waals surface area (Å²) in [6, 6.07) is 7.94. The summed E-state index contributed by atoms with van der Waals surface area (Å²) in [5.41, 5.74) is 1.11. The van der Waals surface area contributed by atoms with Gasteiger partial charge in [-0.05, 0) is 24.1 Å². The maximum Gasteiger partial charge on any atom is 0.137 e. The zero-order valence-corrected chi connectivity index (χ0v) is 10.0. The molecule has 1 aromatic carbocycles. The van der Waals surface area contributed by atoms with Crippen LogP contribution in [0.5, 0.6) is 0 Å². The molecule has 0 unspecified atom stereocenters. The summed E-state index contributed by atoms with van der Waals surface area (Å²) >= 11 is 3.37. The molecule has 0 saturated carbocycles. The van der Waals surface area contributed by atoms with Gasteiger partial charge in [-0.1, -0.05) is 41.4 Å². The molecule has 0 fully saturated rings. The minimum Gasteiger partial charge on any atom is -0.299 e. The minimum absolute atomic E-state index is 0.342. The van der Waals surface area contributed by atoms with Gasteiger partial charge in [-0.15, -0.1) is 0 Å². The zero-order chi connectivity index (χ0) is 10.4. The van der Waals surface area contributed by atoms with Gasteiger partial charge >= 0.3 is 0 Å². The van der Waals surface area contributed by atoms with Crippen molar-refractivity contribution in [2.45, 2.75) is 32.6 Å². The molecule has 0 aromatic heterocycles. The van der Waals surface area contributed by atoms with Crippen LogP contribution in [0.1, 0.15) is 31.7 Å². The Bertz CT molecular complexity index is 290. The molecule has 0 saturated heterocycles. The molecule has 1 rings (SSSR count). The van der Waals surface area contributed by atoms with E-state index in [0.29, 0.717) is 18.6 Å². The predicted octanol–water partition coefficient (Wildman–Crippen LogP) is 3.75. The smallest absolute Gasteiger partial charge is 0.137 e. The first kappa shape index (κ1) is 11.4. The number of hydrogen-bond acceptors (Lipinski definition) is 1. The Morgan fingerprint density at radius 1 is 1.29 bits per heavy atom. The van der Waals surface area contributed by atoms with Crippen molar-refractivity contribution in [3.63, 3.8) is 0 Å². The Labute approximate surface area is 93.7 Å². The number of rotatable bonds is 5. The van der Waals surface area contributed by atoms with Gasteiger partial charge in [-0.25, -0.2) is 0 Å². The molecule has 0 N–H and O–H groups in total. The average Bonchev–Trinajstić information content (AvgIpc) is 2.18. The first-order chi connectivity index (χ1) is 6.72. The fourth-order valence-corrected chi connectivity index (χ4v) is 1.56. The number of ketones is 1. The zero-order valence-electron chi connectivity index (χ0n) is 8.42. The Kier molecular flexibility index (Phi) is 4.88. The maximum absolute atomic E-state index is 11.4. The average molecular weight is 255 g/mol. The topological polar surface area (TPSA) is 17.1 Å². The quantitative estimate of drug-likeness (QED) is 0.783. The van der Waals surface area contributed by atoms with Crippen molar-refractivity contribution in [2.24, 2.45) is 0 Å². The lowest BCUT2D eigenvalue weighted by molar-refractivity contribution is -0.118. The molecule has 1 nitrogen and oxygen atoms in total. The Balaban J connectivity index is 2.44. The van der Waals surface area contributed by atoms with Gasteiger partial charge in [-0.2, -0.15) is 0 Å². The Hall–Kier alpha value is -0.630. The maximum atomic E-state index is 11.4. The largest absolute Gasteiger partial charge is 0.299 e. The fraction of sp³-hybridized carbons (Fsp3) is 0.417. The van der Waals surface area contributed by atoms with Crippen LogP contribution in [-0.4, -0.2) is 5.78 Å². The predicted molar refractivity (Wildman–Crippen MR) is 62.4 cm³/mol. The number of carbonyl (C=O) groups is 1. The van der Waals surface area contributed by atoms with E-state index in [-0.39, 0.29) is 0 Å². The molecule has 0 aliphatic carbocycles. The lowest BCUT2D eigenvalue weighted by atomic mass is 10.1. The normalized spacial score (nSPS) is 10.1. The third-order valence-corrected chi connectivity index (χ3v) is 2.65. The van der Waals surface area contributed by atoms with E-state index >= 15 is 0 Å². The van der Waals surface area contributed by atoms with Gasteiger partial charge in [0.25, 0.3) is 0 Å². The molecule has 2 heteroatoms. The third-order valence-electron chi connectivity index (χ3n) is 2.12. The summed E-state index contributed by atoms with van der Waals surface area (Å²) in [6.45, 7) is 2.10. The van der Waals surface area contributed by atoms with Crippen molar-refractivity contribution in [1.82, 2.24) is 0 Å². The van der Waals surface area contributed by atoms with Crippen molar-refractivity contribution in [1.29, 1.82) is 0 Å². The van der Waals surface area contributed by atoms with Gasteiger partial charge in [-0.3, -0.25) is 4.79 Å². The number of hydrogen-bond donors (Lipinski definition) is 0. The molecule has 0 atom stereocenters. The highest BCUT2D eigenvalue weighted by Crippen LogP contribution is 2.11. The standard InChI is InChI=1S/C12H15BrO/c1-2-3-4-12(14)9-10-5-7-11(13)8-6-10/h5-8H,2-4,9H2,1H3. The van der Waals surface area contributed by atoms with E-state index in [0.717, 1.165) is 22.9 Å². The van der Waals surface area contributed by atoms with Gasteiger partial charge in [0.2, 0.25) is 0 Å². The highest BCUT2D eigenvalue weighted by molar-refractivity contribution is 9.10. The van der Waals surface area contributed by atoms with Gasteiger partial charge < -0.3 is 0 Å². The van der Waals surface area contributed by atoms with Crippen LogP contribution >= 0.6 is 15.9 Å². The van der Waals surface area contributed by atoms with Crippen LogP contribution in [0.25, 0.3) is 0 Å². The summed E-state index contributed by atoms with van der Waals surface area (Å²) in [5, 5.41) is 0. The van der Waals surface area contributed by atoms with Crippen LogP contribution in [-0.2, 0) is 11.2 Å². The van der Waals surface area contributed by atoms with E-state index in [2.05, 4.69) is 22.9 Å². The second-order valence-electron chi connectivity index (χ2n) is 3.45. The van der Waals surface area contributed by atoms with Crippen LogP contribution in [0.15, 0.2) is 28.7 Å². The highest BCUT2D eigenvalue weighted by atomic mass is 79.9. The number of benzene rings is 1. The molecule has 76 valence electrons. The lowest BCUT2D eigenvalue weighted by Crippen LogP contribution is -2.01. The third kappa shape index (κ3) is 4.05. The second-order valence-corrected chi connectivity index (χ2v) is 4.36. The van der Waals surface area contributed by atoms with E-state index < -0.39 is 0 Å². The summed E-state index contributed by atoms with van der Waals surface area (Å²) in [7, 11) is 0. The van der Waals surface area contributed by atoms with Gasteiger partial charge in [0.1, 0.15) is 5.78 Å². The SMILES string of the molecule is CCCCC(=O)Cc1ccc(Br)cc1. The van der Waals surface area contributed by atoms with Crippen LogP contribution in [0, 0.1) is 0 Å². The van der Waals surface area contributed by atoms with Crippen molar-refractivity contribution in [2.75, 3.05) is 0 Å². The first-order valence-electron chi connectivity index (χ1n) is 4.98. The molecular formula is C12H15BrO. The highest BCUT2D eigenvalue weighted by Gasteiger charge is 2.02. The van der Waals surface area contributed by atoms with E-state index in [1.807, 2.05) is 24.3 Å². The number of Topliss-reactive ketones (excluding diaryl/α,β-unsaturated/α-hetero) is 1. The van der Waals surface area contributed by atoms with E-state index in [4.69, 9.17) is 0 Å². The molecular weight excluding hydrogens is 240 g/mol. The van der Waals surface area contributed by atoms with Crippen molar-refractivity contribution < 1.29 is 4.79 Å². The van der Waals surface area contributed by atoms with E-state index in [9.17, 15) is 4.79 Å². The van der Waals surface area contributed by atoms with Gasteiger partial charge in [0, 0.05) is 17.3 Å². The molecule has 14 heavy (non-hydrogen) atoms. The molecule has 0 heterocycles. The Morgan fingerprint density at radius 3 is 2.50 bits per heavy atom. The van der Waals surface area contributed by atoms with Crippen molar-refractivity contribution in [3.05, 3.63) is 34.3 Å². The monoisotopic (exact) mass is 254 g/mol. The summed E-state index contributed by atoms with van der Waals surface area (Å²) < 4.78 is 1.06. The lowest BCUT2D eigenvalue weighted by Gasteiger charge is -2.00. The molecule has 0 spiro atoms. The first-order valence-corrected chi connectivity index (χ1v) is 5.78. The summed E-state index contributed by atoms with van der Waals surface area (Å²) in [6.07, 6.45) is 3.39. The van der Waals surface area contributed by atoms with Crippen molar-refractivity contribution >= 4 is 21.7 Å². The number of unbranched alkanes of at least 4 members (excludes halogenated alkanes) is 1. The molecule has 1 aromatic rings. The summed E-state index contributed by atoms with van der Waals surface area (Å²) in [5.74, 6) is 0.342. The minimum atomic E-state index is 0.342. The number of halogens is 1. The fourth-order valence-electron chi connectivity index (χ4n) is 1.29. The molecule has 0 bridgehead atoms. The molecule has 0 aliphatic heterocycles. The van der Waals surface area contributed by atoms with Crippen LogP contribution in [0.3, 0.4) is 0 Å². The van der Waals surface area contributed by atoms with Gasteiger partial charge in [0.15, 0.2) is 0 Å². The molecule has 0 amide bonds.